The van der Waals surface area contributed by atoms with Crippen molar-refractivity contribution in [3.05, 3.63) is 24.3 Å². The van der Waals surface area contributed by atoms with Crippen LogP contribution in [-0.4, -0.2) is 26.3 Å². The molecule has 0 spiro atoms. The summed E-state index contributed by atoms with van der Waals surface area (Å²) < 4.78 is 48.9. The second-order valence-corrected chi connectivity index (χ2v) is 7.00. The molecule has 1 fully saturated rings. The first-order valence-electron chi connectivity index (χ1n) is 6.51. The lowest BCUT2D eigenvalue weighted by molar-refractivity contribution is 0.235. The van der Waals surface area contributed by atoms with E-state index < -0.39 is 21.1 Å². The van der Waals surface area contributed by atoms with Crippen LogP contribution in [-0.2, 0) is 9.84 Å². The average molecular weight is 304 g/mol. The quantitative estimate of drug-likeness (QED) is 0.876. The van der Waals surface area contributed by atoms with Gasteiger partial charge in [-0.05, 0) is 25.0 Å². The molecule has 1 aliphatic rings. The molecule has 0 atom stereocenters. The Kier molecular flexibility index (Phi) is 4.29. The van der Waals surface area contributed by atoms with Gasteiger partial charge in [0.1, 0.15) is 0 Å². The van der Waals surface area contributed by atoms with Gasteiger partial charge in [0.2, 0.25) is 9.84 Å². The van der Waals surface area contributed by atoms with E-state index in [0.717, 1.165) is 25.7 Å². The Morgan fingerprint density at radius 1 is 1.25 bits per heavy atom. The van der Waals surface area contributed by atoms with Gasteiger partial charge in [-0.3, -0.25) is 0 Å². The minimum atomic E-state index is -4.62. The highest BCUT2D eigenvalue weighted by atomic mass is 32.2. The summed E-state index contributed by atoms with van der Waals surface area (Å²) in [6, 6.07) is 5.75. The van der Waals surface area contributed by atoms with Crippen LogP contribution in [0.4, 0.5) is 14.5 Å². The Bertz CT molecular complexity index is 569. The van der Waals surface area contributed by atoms with Crippen molar-refractivity contribution in [1.82, 2.24) is 0 Å². The van der Waals surface area contributed by atoms with Crippen LogP contribution in [0.25, 0.3) is 0 Å². The van der Waals surface area contributed by atoms with E-state index in [2.05, 4.69) is 5.32 Å². The summed E-state index contributed by atoms with van der Waals surface area (Å²) in [6.45, 7) is 0.343. The van der Waals surface area contributed by atoms with Crippen LogP contribution in [0.2, 0.25) is 0 Å². The van der Waals surface area contributed by atoms with Gasteiger partial charge in [-0.2, -0.15) is 8.78 Å². The first-order valence-corrected chi connectivity index (χ1v) is 8.05. The van der Waals surface area contributed by atoms with Gasteiger partial charge in [-0.25, -0.2) is 8.42 Å². The molecule has 112 valence electrons. The molecule has 4 nitrogen and oxygen atoms in total. The second-order valence-electron chi connectivity index (χ2n) is 5.12. The molecule has 1 aromatic carbocycles. The van der Waals surface area contributed by atoms with E-state index in [9.17, 15) is 17.2 Å². The molecule has 0 heterocycles. The molecular weight excluding hydrogens is 286 g/mol. The van der Waals surface area contributed by atoms with Crippen LogP contribution in [0.15, 0.2) is 29.2 Å². The fraction of sp³-hybridized carbons (Fsp3) is 0.538. The van der Waals surface area contributed by atoms with Crippen molar-refractivity contribution in [2.75, 3.05) is 11.9 Å². The van der Waals surface area contributed by atoms with Crippen LogP contribution in [0.3, 0.4) is 0 Å². The molecule has 20 heavy (non-hydrogen) atoms. The number of anilines is 1. The minimum absolute atomic E-state index is 0.208. The van der Waals surface area contributed by atoms with Crippen molar-refractivity contribution in [3.8, 4) is 0 Å². The number of sulfone groups is 1. The molecule has 0 saturated heterocycles. The van der Waals surface area contributed by atoms with Crippen LogP contribution in [0.1, 0.15) is 25.7 Å². The predicted octanol–water partition coefficient (Wildman–Crippen LogP) is 2.37. The van der Waals surface area contributed by atoms with Gasteiger partial charge >= 0.3 is 5.76 Å². The molecular formula is C13H18F2N2O2S. The summed E-state index contributed by atoms with van der Waals surface area (Å²) in [6.07, 6.45) is 3.61. The number of benzene rings is 1. The number of alkyl halides is 2. The number of hydrogen-bond donors (Lipinski definition) is 2. The fourth-order valence-corrected chi connectivity index (χ4v) is 3.52. The van der Waals surface area contributed by atoms with E-state index in [-0.39, 0.29) is 10.6 Å². The highest BCUT2D eigenvalue weighted by Crippen LogP contribution is 2.35. The summed E-state index contributed by atoms with van der Waals surface area (Å²) in [7, 11) is -4.62. The van der Waals surface area contributed by atoms with Crippen molar-refractivity contribution >= 4 is 15.5 Å². The predicted molar refractivity (Wildman–Crippen MR) is 73.5 cm³/mol. The zero-order chi connectivity index (χ0) is 14.8. The Morgan fingerprint density at radius 3 is 2.40 bits per heavy atom. The maximum atomic E-state index is 12.7. The fourth-order valence-electron chi connectivity index (χ4n) is 2.63. The van der Waals surface area contributed by atoms with E-state index >= 15 is 0 Å². The molecule has 3 N–H and O–H groups in total. The van der Waals surface area contributed by atoms with Crippen molar-refractivity contribution in [2.45, 2.75) is 41.9 Å². The lowest BCUT2D eigenvalue weighted by Gasteiger charge is -2.31. The molecule has 1 aliphatic carbocycles. The number of nitrogens with two attached hydrogens (primary N) is 1. The van der Waals surface area contributed by atoms with Crippen molar-refractivity contribution < 1.29 is 17.2 Å². The number of halogens is 2. The van der Waals surface area contributed by atoms with Crippen molar-refractivity contribution in [1.29, 1.82) is 0 Å². The second kappa shape index (κ2) is 5.65. The van der Waals surface area contributed by atoms with Gasteiger partial charge in [0.05, 0.1) is 10.6 Å². The standard InChI is InChI=1S/C13H18F2N2O2S/c14-12(15)20(18,19)11-6-2-1-5-10(11)17-13(9-16)7-3-4-8-13/h1-2,5-6,12,17H,3-4,7-9,16H2. The average Bonchev–Trinajstić information content (AvgIpc) is 2.88. The summed E-state index contributed by atoms with van der Waals surface area (Å²) in [5.74, 6) is -3.43. The third-order valence-corrected chi connectivity index (χ3v) is 5.22. The molecule has 0 aliphatic heterocycles. The van der Waals surface area contributed by atoms with E-state index in [0.29, 0.717) is 6.54 Å². The molecule has 1 aromatic rings. The molecule has 0 unspecified atom stereocenters. The van der Waals surface area contributed by atoms with E-state index in [1.54, 1.807) is 6.07 Å². The van der Waals surface area contributed by atoms with Crippen LogP contribution in [0, 0.1) is 0 Å². The molecule has 0 radical (unpaired) electrons. The SMILES string of the molecule is NCC1(Nc2ccccc2S(=O)(=O)C(F)F)CCCC1. The van der Waals surface area contributed by atoms with E-state index in [1.165, 1.54) is 18.2 Å². The van der Waals surface area contributed by atoms with Gasteiger partial charge in [-0.1, -0.05) is 25.0 Å². The first-order chi connectivity index (χ1) is 9.41. The van der Waals surface area contributed by atoms with Gasteiger partial charge in [0, 0.05) is 12.1 Å². The van der Waals surface area contributed by atoms with Crippen LogP contribution in [0.5, 0.6) is 0 Å². The van der Waals surface area contributed by atoms with E-state index in [4.69, 9.17) is 5.73 Å². The smallest absolute Gasteiger partial charge is 0.341 e. The highest BCUT2D eigenvalue weighted by Gasteiger charge is 2.35. The normalized spacial score (nSPS) is 18.4. The molecule has 7 heteroatoms. The van der Waals surface area contributed by atoms with Gasteiger partial charge < -0.3 is 11.1 Å². The molecule has 2 rings (SSSR count). The van der Waals surface area contributed by atoms with Crippen molar-refractivity contribution in [3.63, 3.8) is 0 Å². The van der Waals surface area contributed by atoms with Crippen LogP contribution < -0.4 is 11.1 Å². The Balaban J connectivity index is 2.38. The van der Waals surface area contributed by atoms with Gasteiger partial charge in [-0.15, -0.1) is 0 Å². The summed E-state index contributed by atoms with van der Waals surface area (Å²) in [5, 5.41) is 3.10. The number of rotatable bonds is 5. The topological polar surface area (TPSA) is 72.2 Å². The summed E-state index contributed by atoms with van der Waals surface area (Å²) >= 11 is 0. The monoisotopic (exact) mass is 304 g/mol. The molecule has 0 aromatic heterocycles. The molecule has 0 amide bonds. The van der Waals surface area contributed by atoms with Gasteiger partial charge in [0.25, 0.3) is 0 Å². The van der Waals surface area contributed by atoms with E-state index in [1.807, 2.05) is 0 Å². The third-order valence-electron chi connectivity index (χ3n) is 3.78. The number of hydrogen-bond acceptors (Lipinski definition) is 4. The number of para-hydroxylation sites is 1. The van der Waals surface area contributed by atoms with Crippen LogP contribution >= 0.6 is 0 Å². The maximum absolute atomic E-state index is 12.7. The number of nitrogens with one attached hydrogen (secondary N) is 1. The lowest BCUT2D eigenvalue weighted by Crippen LogP contribution is -2.43. The Morgan fingerprint density at radius 2 is 1.85 bits per heavy atom. The minimum Gasteiger partial charge on any atom is -0.377 e. The van der Waals surface area contributed by atoms with Crippen molar-refractivity contribution in [2.24, 2.45) is 5.73 Å². The Hall–Kier alpha value is -1.21. The zero-order valence-electron chi connectivity index (χ0n) is 11.0. The summed E-state index contributed by atoms with van der Waals surface area (Å²) in [5.41, 5.74) is 5.59. The largest absolute Gasteiger partial charge is 0.377 e. The summed E-state index contributed by atoms with van der Waals surface area (Å²) in [4.78, 5) is -0.366. The van der Waals surface area contributed by atoms with Gasteiger partial charge in [0.15, 0.2) is 0 Å². The zero-order valence-corrected chi connectivity index (χ0v) is 11.8. The molecule has 0 bridgehead atoms. The first kappa shape index (κ1) is 15.2. The highest BCUT2D eigenvalue weighted by molar-refractivity contribution is 7.91. The molecule has 1 saturated carbocycles. The Labute approximate surface area is 117 Å². The lowest BCUT2D eigenvalue weighted by atomic mass is 9.97. The maximum Gasteiger partial charge on any atom is 0.341 e. The third kappa shape index (κ3) is 2.78.